The van der Waals surface area contributed by atoms with Gasteiger partial charge in [0.1, 0.15) is 5.75 Å². The first-order valence-electron chi connectivity index (χ1n) is 7.51. The third kappa shape index (κ3) is 3.39. The molecule has 0 radical (unpaired) electrons. The number of carbonyl (C=O) groups excluding carboxylic acids is 1. The summed E-state index contributed by atoms with van der Waals surface area (Å²) in [6.45, 7) is 7.97. The number of rotatable bonds is 5. The number of nitrogens with zero attached hydrogens (tertiary/aromatic N) is 1. The van der Waals surface area contributed by atoms with E-state index in [1.807, 2.05) is 19.1 Å². The predicted molar refractivity (Wildman–Crippen MR) is 90.8 cm³/mol. The summed E-state index contributed by atoms with van der Waals surface area (Å²) in [7, 11) is 0. The Labute approximate surface area is 131 Å². The Morgan fingerprint density at radius 3 is 2.45 bits per heavy atom. The minimum Gasteiger partial charge on any atom is -0.507 e. The van der Waals surface area contributed by atoms with E-state index in [-0.39, 0.29) is 17.2 Å². The van der Waals surface area contributed by atoms with E-state index in [1.54, 1.807) is 18.2 Å². The van der Waals surface area contributed by atoms with Crippen LogP contribution in [0.2, 0.25) is 0 Å². The van der Waals surface area contributed by atoms with Gasteiger partial charge in [-0.15, -0.1) is 0 Å². The van der Waals surface area contributed by atoms with Crippen LogP contribution in [0, 0.1) is 6.92 Å². The molecule has 0 bridgehead atoms. The third-order valence-electron chi connectivity index (χ3n) is 3.75. The molecule has 0 atom stereocenters. The van der Waals surface area contributed by atoms with E-state index >= 15 is 0 Å². The number of aromatic hydroxyl groups is 1. The van der Waals surface area contributed by atoms with E-state index in [1.165, 1.54) is 6.07 Å². The number of hydrogen-bond acceptors (Lipinski definition) is 3. The second-order valence-electron chi connectivity index (χ2n) is 5.14. The smallest absolute Gasteiger partial charge is 0.259 e. The van der Waals surface area contributed by atoms with Crippen LogP contribution in [-0.2, 0) is 0 Å². The van der Waals surface area contributed by atoms with Crippen LogP contribution < -0.4 is 10.2 Å². The molecule has 0 heterocycles. The monoisotopic (exact) mass is 298 g/mol. The number of carbonyl (C=O) groups is 1. The molecule has 4 heteroatoms. The molecule has 22 heavy (non-hydrogen) atoms. The maximum Gasteiger partial charge on any atom is 0.259 e. The van der Waals surface area contributed by atoms with Crippen LogP contribution in [0.1, 0.15) is 29.8 Å². The fourth-order valence-corrected chi connectivity index (χ4v) is 2.39. The topological polar surface area (TPSA) is 52.6 Å². The van der Waals surface area contributed by atoms with Crippen molar-refractivity contribution in [3.63, 3.8) is 0 Å². The normalized spacial score (nSPS) is 10.3. The van der Waals surface area contributed by atoms with E-state index in [2.05, 4.69) is 30.1 Å². The number of amides is 1. The minimum atomic E-state index is -0.308. The van der Waals surface area contributed by atoms with Gasteiger partial charge in [-0.05, 0) is 50.6 Å². The second kappa shape index (κ2) is 6.98. The average Bonchev–Trinajstić information content (AvgIpc) is 2.52. The van der Waals surface area contributed by atoms with E-state index in [0.717, 1.165) is 30.0 Å². The Bertz CT molecular complexity index is 664. The first-order chi connectivity index (χ1) is 10.6. The summed E-state index contributed by atoms with van der Waals surface area (Å²) in [5.41, 5.74) is 3.09. The number of phenols is 1. The highest BCUT2D eigenvalue weighted by Crippen LogP contribution is 2.25. The highest BCUT2D eigenvalue weighted by atomic mass is 16.3. The molecule has 0 saturated carbocycles. The molecule has 2 aromatic carbocycles. The molecule has 0 spiro atoms. The average molecular weight is 298 g/mol. The zero-order valence-corrected chi connectivity index (χ0v) is 13.3. The number of aryl methyl sites for hydroxylation is 1. The Kier molecular flexibility index (Phi) is 5.04. The van der Waals surface area contributed by atoms with Crippen molar-refractivity contribution >= 4 is 17.3 Å². The van der Waals surface area contributed by atoms with Gasteiger partial charge >= 0.3 is 0 Å². The summed E-state index contributed by atoms with van der Waals surface area (Å²) < 4.78 is 0. The molecule has 0 unspecified atom stereocenters. The lowest BCUT2D eigenvalue weighted by Gasteiger charge is -2.22. The number of phenolic OH excluding ortho intramolecular Hbond substituents is 1. The van der Waals surface area contributed by atoms with Gasteiger partial charge in [-0.2, -0.15) is 0 Å². The van der Waals surface area contributed by atoms with Crippen LogP contribution in [0.4, 0.5) is 11.4 Å². The molecule has 0 aliphatic heterocycles. The molecule has 0 saturated heterocycles. The minimum absolute atomic E-state index is 0.0162. The van der Waals surface area contributed by atoms with Crippen molar-refractivity contribution in [2.24, 2.45) is 0 Å². The van der Waals surface area contributed by atoms with Gasteiger partial charge in [-0.3, -0.25) is 4.79 Å². The molecule has 0 aliphatic carbocycles. The zero-order valence-electron chi connectivity index (χ0n) is 13.3. The maximum absolute atomic E-state index is 12.3. The van der Waals surface area contributed by atoms with Crippen LogP contribution in [0.5, 0.6) is 5.75 Å². The van der Waals surface area contributed by atoms with Crippen molar-refractivity contribution in [3.05, 3.63) is 53.6 Å². The largest absolute Gasteiger partial charge is 0.507 e. The van der Waals surface area contributed by atoms with Gasteiger partial charge in [-0.25, -0.2) is 0 Å². The summed E-state index contributed by atoms with van der Waals surface area (Å²) in [6.07, 6.45) is 0. The van der Waals surface area contributed by atoms with Crippen molar-refractivity contribution in [2.75, 3.05) is 23.3 Å². The molecule has 1 amide bonds. The Morgan fingerprint density at radius 1 is 1.14 bits per heavy atom. The van der Waals surface area contributed by atoms with E-state index in [0.29, 0.717) is 0 Å². The highest BCUT2D eigenvalue weighted by molar-refractivity contribution is 6.06. The lowest BCUT2D eigenvalue weighted by Crippen LogP contribution is -2.22. The molecule has 0 aliphatic rings. The third-order valence-corrected chi connectivity index (χ3v) is 3.75. The summed E-state index contributed by atoms with van der Waals surface area (Å²) in [5, 5.41) is 12.7. The SMILES string of the molecule is CCN(CC)c1ccc(C)c(NC(=O)c2ccccc2O)c1. The first kappa shape index (κ1) is 15.9. The molecule has 116 valence electrons. The van der Waals surface area contributed by atoms with Crippen molar-refractivity contribution in [1.82, 2.24) is 0 Å². The van der Waals surface area contributed by atoms with Gasteiger partial charge in [0.25, 0.3) is 5.91 Å². The first-order valence-corrected chi connectivity index (χ1v) is 7.51. The molecule has 2 N–H and O–H groups in total. The van der Waals surface area contributed by atoms with E-state index in [9.17, 15) is 9.90 Å². The van der Waals surface area contributed by atoms with Crippen molar-refractivity contribution in [2.45, 2.75) is 20.8 Å². The van der Waals surface area contributed by atoms with Crippen LogP contribution in [-0.4, -0.2) is 24.1 Å². The van der Waals surface area contributed by atoms with Gasteiger partial charge in [0.15, 0.2) is 0 Å². The number of anilines is 2. The summed E-state index contributed by atoms with van der Waals surface area (Å²) in [6, 6.07) is 12.6. The highest BCUT2D eigenvalue weighted by Gasteiger charge is 2.12. The summed E-state index contributed by atoms with van der Waals surface area (Å²) in [4.78, 5) is 14.5. The van der Waals surface area contributed by atoms with E-state index in [4.69, 9.17) is 0 Å². The van der Waals surface area contributed by atoms with Crippen LogP contribution in [0.15, 0.2) is 42.5 Å². The standard InChI is InChI=1S/C18H22N2O2/c1-4-20(5-2)14-11-10-13(3)16(12-14)19-18(22)15-8-6-7-9-17(15)21/h6-12,21H,4-5H2,1-3H3,(H,19,22). The van der Waals surface area contributed by atoms with Crippen LogP contribution >= 0.6 is 0 Å². The zero-order chi connectivity index (χ0) is 16.1. The van der Waals surface area contributed by atoms with Crippen LogP contribution in [0.25, 0.3) is 0 Å². The van der Waals surface area contributed by atoms with E-state index < -0.39 is 0 Å². The predicted octanol–water partition coefficient (Wildman–Crippen LogP) is 3.80. The lowest BCUT2D eigenvalue weighted by molar-refractivity contribution is 0.102. The van der Waals surface area contributed by atoms with Gasteiger partial charge in [0.05, 0.1) is 5.56 Å². The lowest BCUT2D eigenvalue weighted by atomic mass is 10.1. The van der Waals surface area contributed by atoms with Gasteiger partial charge < -0.3 is 15.3 Å². The number of benzene rings is 2. The Balaban J connectivity index is 2.27. The van der Waals surface area contributed by atoms with Gasteiger partial charge in [-0.1, -0.05) is 18.2 Å². The molecular formula is C18H22N2O2. The maximum atomic E-state index is 12.3. The number of nitrogens with one attached hydrogen (secondary N) is 1. The molecule has 2 rings (SSSR count). The molecule has 0 aromatic heterocycles. The number of para-hydroxylation sites is 1. The fraction of sp³-hybridized carbons (Fsp3) is 0.278. The van der Waals surface area contributed by atoms with Crippen LogP contribution in [0.3, 0.4) is 0 Å². The second-order valence-corrected chi connectivity index (χ2v) is 5.14. The fourth-order valence-electron chi connectivity index (χ4n) is 2.39. The molecule has 2 aromatic rings. The molecule has 4 nitrogen and oxygen atoms in total. The van der Waals surface area contributed by atoms with Gasteiger partial charge in [0, 0.05) is 24.5 Å². The Hall–Kier alpha value is -2.49. The molecular weight excluding hydrogens is 276 g/mol. The van der Waals surface area contributed by atoms with Gasteiger partial charge in [0.2, 0.25) is 0 Å². The summed E-state index contributed by atoms with van der Waals surface area (Å²) >= 11 is 0. The number of hydrogen-bond donors (Lipinski definition) is 2. The molecule has 0 fully saturated rings. The Morgan fingerprint density at radius 2 is 1.82 bits per heavy atom. The van der Waals surface area contributed by atoms with Crippen molar-refractivity contribution in [3.8, 4) is 5.75 Å². The van der Waals surface area contributed by atoms with Crippen molar-refractivity contribution < 1.29 is 9.90 Å². The van der Waals surface area contributed by atoms with Crippen molar-refractivity contribution in [1.29, 1.82) is 0 Å². The quantitative estimate of drug-likeness (QED) is 0.882. The summed E-state index contributed by atoms with van der Waals surface area (Å²) in [5.74, 6) is -0.324.